The van der Waals surface area contributed by atoms with E-state index in [-0.39, 0.29) is 10.6 Å². The average molecular weight is 423 g/mol. The zero-order valence-corrected chi connectivity index (χ0v) is 17.9. The zero-order chi connectivity index (χ0) is 20.1. The van der Waals surface area contributed by atoms with Crippen LogP contribution in [-0.4, -0.2) is 47.8 Å². The Morgan fingerprint density at radius 3 is 2.36 bits per heavy atom. The van der Waals surface area contributed by atoms with Crippen molar-refractivity contribution in [2.24, 2.45) is 0 Å². The van der Waals surface area contributed by atoms with Crippen molar-refractivity contribution < 1.29 is 13.2 Å². The highest BCUT2D eigenvalue weighted by Crippen LogP contribution is 2.24. The van der Waals surface area contributed by atoms with E-state index in [2.05, 4.69) is 10.4 Å². The fourth-order valence-electron chi connectivity index (χ4n) is 3.19. The molecule has 1 saturated heterocycles. The summed E-state index contributed by atoms with van der Waals surface area (Å²) in [4.78, 5) is 13.9. The van der Waals surface area contributed by atoms with E-state index in [9.17, 15) is 13.2 Å². The Balaban J connectivity index is 1.90. The van der Waals surface area contributed by atoms with Crippen LogP contribution in [0.3, 0.4) is 0 Å². The van der Waals surface area contributed by atoms with Gasteiger partial charge in [0.1, 0.15) is 0 Å². The normalized spacial score (nSPS) is 15.9. The molecule has 2 heterocycles. The molecule has 1 aliphatic heterocycles. The number of aromatic nitrogens is 2. The van der Waals surface area contributed by atoms with Crippen LogP contribution in [0.5, 0.6) is 0 Å². The molecule has 0 unspecified atom stereocenters. The molecule has 0 radical (unpaired) electrons. The lowest BCUT2D eigenvalue weighted by molar-refractivity contribution is 0.102. The van der Waals surface area contributed by atoms with Crippen molar-refractivity contribution >= 4 is 33.4 Å². The molecule has 1 aromatic carbocycles. The molecule has 7 nitrogen and oxygen atoms in total. The molecule has 0 saturated carbocycles. The summed E-state index contributed by atoms with van der Waals surface area (Å²) in [5.41, 5.74) is 0.699. The fourth-order valence-corrected chi connectivity index (χ4v) is 5.21. The van der Waals surface area contributed by atoms with Gasteiger partial charge < -0.3 is 5.32 Å². The smallest absolute Gasteiger partial charge is 0.263 e. The third-order valence-corrected chi connectivity index (χ3v) is 7.37. The monoisotopic (exact) mass is 422 g/mol. The molecule has 2 aromatic rings. The van der Waals surface area contributed by atoms with Crippen LogP contribution in [0.2, 0.25) is 0 Å². The number of nitrogens with one attached hydrogen (secondary N) is 1. The second-order valence-electron chi connectivity index (χ2n) is 6.70. The molecule has 1 N–H and O–H groups in total. The molecule has 1 fully saturated rings. The van der Waals surface area contributed by atoms with Crippen LogP contribution in [0, 0.1) is 0 Å². The first kappa shape index (κ1) is 20.9. The van der Waals surface area contributed by atoms with Crippen molar-refractivity contribution in [2.75, 3.05) is 24.7 Å². The maximum Gasteiger partial charge on any atom is 0.263 e. The Labute approximate surface area is 170 Å². The highest BCUT2D eigenvalue weighted by molar-refractivity contribution is 7.98. The van der Waals surface area contributed by atoms with Gasteiger partial charge in [-0.2, -0.15) is 9.40 Å². The first-order chi connectivity index (χ1) is 13.5. The molecule has 1 aliphatic rings. The van der Waals surface area contributed by atoms with Crippen LogP contribution < -0.4 is 5.32 Å². The van der Waals surface area contributed by atoms with Gasteiger partial charge in [0.15, 0.2) is 0 Å². The predicted molar refractivity (Wildman–Crippen MR) is 111 cm³/mol. The van der Waals surface area contributed by atoms with Gasteiger partial charge in [-0.25, -0.2) is 8.42 Å². The van der Waals surface area contributed by atoms with E-state index < -0.39 is 15.9 Å². The molecular formula is C19H26N4O3S2. The minimum absolute atomic E-state index is 0.0834. The van der Waals surface area contributed by atoms with Crippen molar-refractivity contribution in [3.8, 4) is 0 Å². The number of hydrogen-bond acceptors (Lipinski definition) is 5. The number of thioether (sulfide) groups is 1. The Kier molecular flexibility index (Phi) is 6.79. The highest BCUT2D eigenvalue weighted by atomic mass is 32.2. The Bertz CT molecular complexity index is 915. The van der Waals surface area contributed by atoms with Gasteiger partial charge in [-0.05, 0) is 50.3 Å². The van der Waals surface area contributed by atoms with Gasteiger partial charge in [0.05, 0.1) is 5.56 Å². The Morgan fingerprint density at radius 2 is 1.79 bits per heavy atom. The molecule has 152 valence electrons. The van der Waals surface area contributed by atoms with Crippen molar-refractivity contribution in [2.45, 2.75) is 49.1 Å². The number of nitrogens with zero attached hydrogens (tertiary/aromatic N) is 3. The quantitative estimate of drug-likeness (QED) is 0.721. The number of sulfonamides is 1. The number of aryl methyl sites for hydroxylation is 1. The molecular weight excluding hydrogens is 396 g/mol. The summed E-state index contributed by atoms with van der Waals surface area (Å²) in [7, 11) is -3.82. The number of carbonyl (C=O) groups is 1. The SMILES string of the molecule is CCn1cc(C(=O)Nc2ccc(SC)cc2)c(S(=O)(=O)N2CCCCCC2)n1. The van der Waals surface area contributed by atoms with E-state index >= 15 is 0 Å². The van der Waals surface area contributed by atoms with Crippen LogP contribution in [0.4, 0.5) is 5.69 Å². The van der Waals surface area contributed by atoms with Crippen LogP contribution in [0.1, 0.15) is 43.0 Å². The molecule has 0 atom stereocenters. The third-order valence-electron chi connectivity index (χ3n) is 4.79. The highest BCUT2D eigenvalue weighted by Gasteiger charge is 2.33. The van der Waals surface area contributed by atoms with Crippen LogP contribution in [-0.2, 0) is 16.6 Å². The predicted octanol–water partition coefficient (Wildman–Crippen LogP) is 3.44. The number of rotatable bonds is 6. The van der Waals surface area contributed by atoms with Crippen LogP contribution in [0.15, 0.2) is 40.4 Å². The second-order valence-corrected chi connectivity index (χ2v) is 9.44. The van der Waals surface area contributed by atoms with Crippen molar-refractivity contribution in [1.82, 2.24) is 14.1 Å². The number of anilines is 1. The Hall–Kier alpha value is -1.84. The maximum atomic E-state index is 13.2. The molecule has 0 aliphatic carbocycles. The third kappa shape index (κ3) is 4.59. The van der Waals surface area contributed by atoms with Gasteiger partial charge in [-0.1, -0.05) is 12.8 Å². The van der Waals surface area contributed by atoms with Gasteiger partial charge >= 0.3 is 0 Å². The molecule has 0 bridgehead atoms. The lowest BCUT2D eigenvalue weighted by Crippen LogP contribution is -2.33. The molecule has 1 amide bonds. The maximum absolute atomic E-state index is 13.2. The zero-order valence-electron chi connectivity index (χ0n) is 16.2. The van der Waals surface area contributed by atoms with E-state index in [0.717, 1.165) is 30.6 Å². The number of carbonyl (C=O) groups excluding carboxylic acids is 1. The van der Waals surface area contributed by atoms with Crippen molar-refractivity contribution in [3.63, 3.8) is 0 Å². The summed E-state index contributed by atoms with van der Waals surface area (Å²) in [6.45, 7) is 3.29. The van der Waals surface area contributed by atoms with E-state index in [1.54, 1.807) is 23.9 Å². The number of benzene rings is 1. The molecule has 1 aromatic heterocycles. The Morgan fingerprint density at radius 1 is 1.14 bits per heavy atom. The molecule has 28 heavy (non-hydrogen) atoms. The molecule has 9 heteroatoms. The van der Waals surface area contributed by atoms with Gasteiger partial charge in [0.2, 0.25) is 5.03 Å². The van der Waals surface area contributed by atoms with Crippen molar-refractivity contribution in [3.05, 3.63) is 36.0 Å². The van der Waals surface area contributed by atoms with E-state index in [4.69, 9.17) is 0 Å². The minimum Gasteiger partial charge on any atom is -0.322 e. The number of amides is 1. The van der Waals surface area contributed by atoms with Gasteiger partial charge in [0.25, 0.3) is 15.9 Å². The van der Waals surface area contributed by atoms with E-state index in [1.165, 1.54) is 15.2 Å². The van der Waals surface area contributed by atoms with Crippen LogP contribution in [0.25, 0.3) is 0 Å². The summed E-state index contributed by atoms with van der Waals surface area (Å²) < 4.78 is 29.4. The van der Waals surface area contributed by atoms with E-state index in [1.807, 2.05) is 25.3 Å². The summed E-state index contributed by atoms with van der Waals surface area (Å²) in [6.07, 6.45) is 7.20. The van der Waals surface area contributed by atoms with E-state index in [0.29, 0.717) is 25.3 Å². The largest absolute Gasteiger partial charge is 0.322 e. The summed E-state index contributed by atoms with van der Waals surface area (Å²) in [5.74, 6) is -0.468. The summed E-state index contributed by atoms with van der Waals surface area (Å²) in [5, 5.41) is 6.85. The van der Waals surface area contributed by atoms with Gasteiger partial charge in [0, 0.05) is 36.4 Å². The summed E-state index contributed by atoms with van der Waals surface area (Å²) >= 11 is 1.61. The molecule has 3 rings (SSSR count). The second kappa shape index (κ2) is 9.11. The standard InChI is InChI=1S/C19H26N4O3S2/c1-3-22-14-17(18(24)20-15-8-10-16(27-2)11-9-15)19(21-22)28(25,26)23-12-6-4-5-7-13-23/h8-11,14H,3-7,12-13H2,1-2H3,(H,20,24). The lowest BCUT2D eigenvalue weighted by Gasteiger charge is -2.19. The summed E-state index contributed by atoms with van der Waals surface area (Å²) in [6, 6.07) is 7.42. The van der Waals surface area contributed by atoms with Gasteiger partial charge in [-0.3, -0.25) is 9.48 Å². The first-order valence-electron chi connectivity index (χ1n) is 9.48. The first-order valence-corrected chi connectivity index (χ1v) is 12.1. The average Bonchev–Trinajstić information content (AvgIpc) is 2.96. The van der Waals surface area contributed by atoms with Gasteiger partial charge in [-0.15, -0.1) is 11.8 Å². The topological polar surface area (TPSA) is 84.3 Å². The minimum atomic E-state index is -3.82. The fraction of sp³-hybridized carbons (Fsp3) is 0.474. The van der Waals surface area contributed by atoms with Crippen LogP contribution >= 0.6 is 11.8 Å². The molecule has 0 spiro atoms. The number of hydrogen-bond donors (Lipinski definition) is 1. The van der Waals surface area contributed by atoms with Crippen molar-refractivity contribution in [1.29, 1.82) is 0 Å². The lowest BCUT2D eigenvalue weighted by atomic mass is 10.2.